The molecule has 2 heterocycles. The van der Waals surface area contributed by atoms with E-state index < -0.39 is 0 Å². The van der Waals surface area contributed by atoms with E-state index in [9.17, 15) is 0 Å². The predicted octanol–water partition coefficient (Wildman–Crippen LogP) is 3.47. The lowest BCUT2D eigenvalue weighted by molar-refractivity contribution is 0.583. The van der Waals surface area contributed by atoms with Gasteiger partial charge < -0.3 is 4.57 Å². The van der Waals surface area contributed by atoms with Gasteiger partial charge in [-0.3, -0.25) is 0 Å². The van der Waals surface area contributed by atoms with Gasteiger partial charge in [0.25, 0.3) is 0 Å². The summed E-state index contributed by atoms with van der Waals surface area (Å²) in [5.74, 6) is 0.854. The maximum absolute atomic E-state index is 4.46. The predicted molar refractivity (Wildman–Crippen MR) is 78.4 cm³/mol. The summed E-state index contributed by atoms with van der Waals surface area (Å²) in [6, 6.07) is 2.42. The summed E-state index contributed by atoms with van der Waals surface area (Å²) in [5, 5.41) is 0.841. The third-order valence-electron chi connectivity index (χ3n) is 2.96. The van der Waals surface area contributed by atoms with Gasteiger partial charge in [0.1, 0.15) is 0 Å². The molecule has 0 unspecified atom stereocenters. The van der Waals surface area contributed by atoms with Crippen LogP contribution in [0.25, 0.3) is 0 Å². The molecule has 0 fully saturated rings. The van der Waals surface area contributed by atoms with Crippen LogP contribution in [0.3, 0.4) is 0 Å². The minimum Gasteiger partial charge on any atom is -0.331 e. The van der Waals surface area contributed by atoms with Crippen molar-refractivity contribution >= 4 is 11.8 Å². The fourth-order valence-electron chi connectivity index (χ4n) is 1.99. The SMILES string of the molecule is Cc1cc(C)nc(SCc2c(C)ncn2C(C)C)n1. The first-order chi connectivity index (χ1) is 8.97. The number of nitrogens with zero attached hydrogens (tertiary/aromatic N) is 4. The normalized spacial score (nSPS) is 11.3. The number of imidazole rings is 1. The summed E-state index contributed by atoms with van der Waals surface area (Å²) in [5.41, 5.74) is 4.38. The Balaban J connectivity index is 2.16. The number of aromatic nitrogens is 4. The van der Waals surface area contributed by atoms with Gasteiger partial charge in [-0.25, -0.2) is 15.0 Å². The Bertz CT molecular complexity index is 555. The van der Waals surface area contributed by atoms with Gasteiger partial charge in [-0.1, -0.05) is 11.8 Å². The number of rotatable bonds is 4. The van der Waals surface area contributed by atoms with Crippen LogP contribution < -0.4 is 0 Å². The van der Waals surface area contributed by atoms with Crippen molar-refractivity contribution in [3.8, 4) is 0 Å². The van der Waals surface area contributed by atoms with Crippen LogP contribution in [0.2, 0.25) is 0 Å². The minimum atomic E-state index is 0.428. The van der Waals surface area contributed by atoms with E-state index in [-0.39, 0.29) is 0 Å². The molecule has 0 saturated carbocycles. The molecule has 2 aromatic rings. The zero-order chi connectivity index (χ0) is 14.0. The first-order valence-corrected chi connectivity index (χ1v) is 7.43. The molecule has 2 aromatic heterocycles. The van der Waals surface area contributed by atoms with Crippen molar-refractivity contribution in [3.05, 3.63) is 35.2 Å². The van der Waals surface area contributed by atoms with Gasteiger partial charge >= 0.3 is 0 Å². The van der Waals surface area contributed by atoms with Crippen molar-refractivity contribution in [2.75, 3.05) is 0 Å². The summed E-state index contributed by atoms with van der Waals surface area (Å²) in [6.45, 7) is 10.4. The lowest BCUT2D eigenvalue weighted by atomic mass is 10.3. The summed E-state index contributed by atoms with van der Waals surface area (Å²) in [6.07, 6.45) is 1.91. The average Bonchev–Trinajstić information content (AvgIpc) is 2.67. The highest BCUT2D eigenvalue weighted by molar-refractivity contribution is 7.98. The molecule has 0 radical (unpaired) electrons. The Kier molecular flexibility index (Phi) is 4.24. The molecule has 4 nitrogen and oxygen atoms in total. The van der Waals surface area contributed by atoms with Crippen molar-refractivity contribution < 1.29 is 0 Å². The molecule has 0 saturated heterocycles. The van der Waals surface area contributed by atoms with Crippen LogP contribution >= 0.6 is 11.8 Å². The van der Waals surface area contributed by atoms with Crippen LogP contribution in [0, 0.1) is 20.8 Å². The van der Waals surface area contributed by atoms with Gasteiger partial charge in [0.15, 0.2) is 5.16 Å². The molecule has 102 valence electrons. The second-order valence-electron chi connectivity index (χ2n) is 5.00. The van der Waals surface area contributed by atoms with Crippen molar-refractivity contribution in [2.24, 2.45) is 0 Å². The molecule has 0 N–H and O–H groups in total. The van der Waals surface area contributed by atoms with Crippen molar-refractivity contribution in [3.63, 3.8) is 0 Å². The molecule has 0 aromatic carbocycles. The molecule has 0 aliphatic carbocycles. The summed E-state index contributed by atoms with van der Waals surface area (Å²) in [4.78, 5) is 13.3. The molecule has 0 aliphatic heterocycles. The average molecular weight is 276 g/mol. The Hall–Kier alpha value is -1.36. The van der Waals surface area contributed by atoms with Crippen molar-refractivity contribution in [1.82, 2.24) is 19.5 Å². The standard InChI is InChI=1S/C14H20N4S/c1-9(2)18-8-15-12(5)13(18)7-19-14-16-10(3)6-11(4)17-14/h6,8-9H,7H2,1-5H3. The van der Waals surface area contributed by atoms with Gasteiger partial charge in [0, 0.05) is 23.2 Å². The van der Waals surface area contributed by atoms with E-state index in [1.807, 2.05) is 26.2 Å². The van der Waals surface area contributed by atoms with Crippen LogP contribution in [0.1, 0.15) is 42.7 Å². The van der Waals surface area contributed by atoms with Crippen LogP contribution in [0.15, 0.2) is 17.6 Å². The van der Waals surface area contributed by atoms with Gasteiger partial charge in [0.05, 0.1) is 17.7 Å². The second-order valence-corrected chi connectivity index (χ2v) is 5.94. The quantitative estimate of drug-likeness (QED) is 0.633. The molecular formula is C14H20N4S. The van der Waals surface area contributed by atoms with Gasteiger partial charge in [0.2, 0.25) is 0 Å². The van der Waals surface area contributed by atoms with E-state index in [1.54, 1.807) is 11.8 Å². The monoisotopic (exact) mass is 276 g/mol. The lowest BCUT2D eigenvalue weighted by Gasteiger charge is -2.12. The summed E-state index contributed by atoms with van der Waals surface area (Å²) in [7, 11) is 0. The number of thioether (sulfide) groups is 1. The molecule has 2 rings (SSSR count). The maximum Gasteiger partial charge on any atom is 0.188 e. The fraction of sp³-hybridized carbons (Fsp3) is 0.500. The van der Waals surface area contributed by atoms with Crippen LogP contribution in [-0.2, 0) is 5.75 Å². The Labute approximate surface area is 118 Å². The van der Waals surface area contributed by atoms with Crippen molar-refractivity contribution in [1.29, 1.82) is 0 Å². The van der Waals surface area contributed by atoms with E-state index in [1.165, 1.54) is 5.69 Å². The van der Waals surface area contributed by atoms with E-state index in [2.05, 4.69) is 40.3 Å². The molecular weight excluding hydrogens is 256 g/mol. The van der Waals surface area contributed by atoms with Crippen LogP contribution in [0.4, 0.5) is 0 Å². The number of hydrogen-bond donors (Lipinski definition) is 0. The molecule has 0 amide bonds. The second kappa shape index (κ2) is 5.74. The number of aryl methyl sites for hydroxylation is 3. The zero-order valence-electron chi connectivity index (χ0n) is 12.1. The lowest BCUT2D eigenvalue weighted by Crippen LogP contribution is -2.04. The molecule has 0 atom stereocenters. The summed E-state index contributed by atoms with van der Waals surface area (Å²) < 4.78 is 2.21. The zero-order valence-corrected chi connectivity index (χ0v) is 13.0. The van der Waals surface area contributed by atoms with E-state index >= 15 is 0 Å². The highest BCUT2D eigenvalue weighted by Gasteiger charge is 2.11. The molecule has 19 heavy (non-hydrogen) atoms. The largest absolute Gasteiger partial charge is 0.331 e. The van der Waals surface area contributed by atoms with Crippen LogP contribution in [-0.4, -0.2) is 19.5 Å². The molecule has 0 spiro atoms. The van der Waals surface area contributed by atoms with Gasteiger partial charge in [-0.15, -0.1) is 0 Å². The van der Waals surface area contributed by atoms with Crippen LogP contribution in [0.5, 0.6) is 0 Å². The first-order valence-electron chi connectivity index (χ1n) is 6.44. The maximum atomic E-state index is 4.46. The summed E-state index contributed by atoms with van der Waals surface area (Å²) >= 11 is 1.67. The number of hydrogen-bond acceptors (Lipinski definition) is 4. The third-order valence-corrected chi connectivity index (χ3v) is 3.82. The van der Waals surface area contributed by atoms with E-state index in [4.69, 9.17) is 0 Å². The van der Waals surface area contributed by atoms with Crippen molar-refractivity contribution in [2.45, 2.75) is 51.6 Å². The Morgan fingerprint density at radius 1 is 1.16 bits per heavy atom. The smallest absolute Gasteiger partial charge is 0.188 e. The third kappa shape index (κ3) is 3.35. The molecule has 5 heteroatoms. The van der Waals surface area contributed by atoms with E-state index in [0.29, 0.717) is 6.04 Å². The molecule has 0 aliphatic rings. The van der Waals surface area contributed by atoms with Gasteiger partial charge in [-0.05, 0) is 40.7 Å². The minimum absolute atomic E-state index is 0.428. The fourth-order valence-corrected chi connectivity index (χ4v) is 3.04. The Morgan fingerprint density at radius 2 is 1.79 bits per heavy atom. The highest BCUT2D eigenvalue weighted by Crippen LogP contribution is 2.23. The van der Waals surface area contributed by atoms with Gasteiger partial charge in [-0.2, -0.15) is 0 Å². The topological polar surface area (TPSA) is 43.6 Å². The Morgan fingerprint density at radius 3 is 2.37 bits per heavy atom. The highest BCUT2D eigenvalue weighted by atomic mass is 32.2. The molecule has 0 bridgehead atoms. The first kappa shape index (κ1) is 14.1. The van der Waals surface area contributed by atoms with E-state index in [0.717, 1.165) is 28.0 Å².